The van der Waals surface area contributed by atoms with Crippen LogP contribution in [0.3, 0.4) is 0 Å². The Labute approximate surface area is 176 Å². The molecule has 140 valence electrons. The third-order valence-corrected chi connectivity index (χ3v) is 6.06. The highest BCUT2D eigenvalue weighted by atomic mass is 35.5. The van der Waals surface area contributed by atoms with Crippen LogP contribution in [0.5, 0.6) is 0 Å². The number of halogens is 1. The predicted molar refractivity (Wildman–Crippen MR) is 115 cm³/mol. The fourth-order valence-electron chi connectivity index (χ4n) is 2.31. The van der Waals surface area contributed by atoms with E-state index in [2.05, 4.69) is 4.98 Å². The second kappa shape index (κ2) is 9.56. The standard InChI is InChI=1S/C21H15ClN2O2S2/c1-2-26-20(25)15(13-23)9-12-18(14-7-10-16(22)11-8-14)27-21-24-17-5-3-4-6-19(17)28-21/h3-12H,2H2,1H3/b15-9-,18-12+. The van der Waals surface area contributed by atoms with Gasteiger partial charge in [-0.1, -0.05) is 47.6 Å². The van der Waals surface area contributed by atoms with E-state index in [1.807, 2.05) is 42.5 Å². The van der Waals surface area contributed by atoms with E-state index in [-0.39, 0.29) is 12.2 Å². The monoisotopic (exact) mass is 426 g/mol. The highest BCUT2D eigenvalue weighted by molar-refractivity contribution is 8.09. The molecule has 0 saturated carbocycles. The van der Waals surface area contributed by atoms with Crippen LogP contribution < -0.4 is 0 Å². The fourth-order valence-corrected chi connectivity index (χ4v) is 4.56. The van der Waals surface area contributed by atoms with E-state index in [1.165, 1.54) is 17.8 Å². The van der Waals surface area contributed by atoms with E-state index in [9.17, 15) is 10.1 Å². The molecule has 0 N–H and O–H groups in total. The molecule has 0 unspecified atom stereocenters. The molecule has 1 aromatic heterocycles. The molecule has 3 rings (SSSR count). The lowest BCUT2D eigenvalue weighted by Crippen LogP contribution is -2.05. The van der Waals surface area contributed by atoms with Crippen LogP contribution in [0.4, 0.5) is 0 Å². The Morgan fingerprint density at radius 3 is 2.68 bits per heavy atom. The number of benzene rings is 2. The Hall–Kier alpha value is -2.59. The molecule has 7 heteroatoms. The molecule has 0 atom stereocenters. The van der Waals surface area contributed by atoms with Gasteiger partial charge in [0.15, 0.2) is 4.34 Å². The molecule has 0 bridgehead atoms. The van der Waals surface area contributed by atoms with Gasteiger partial charge in [0.2, 0.25) is 0 Å². The van der Waals surface area contributed by atoms with Gasteiger partial charge >= 0.3 is 5.97 Å². The molecule has 0 spiro atoms. The lowest BCUT2D eigenvalue weighted by Gasteiger charge is -2.05. The number of carbonyl (C=O) groups excluding carboxylic acids is 1. The van der Waals surface area contributed by atoms with E-state index in [0.717, 1.165) is 25.0 Å². The van der Waals surface area contributed by atoms with E-state index in [0.29, 0.717) is 5.02 Å². The number of aromatic nitrogens is 1. The zero-order valence-corrected chi connectivity index (χ0v) is 17.3. The van der Waals surface area contributed by atoms with Gasteiger partial charge in [0.25, 0.3) is 0 Å². The van der Waals surface area contributed by atoms with Crippen molar-refractivity contribution in [2.75, 3.05) is 6.61 Å². The SMILES string of the molecule is CCOC(=O)/C(C#N)=C\C=C(\Sc1nc2ccccc2s1)c1ccc(Cl)cc1. The zero-order valence-electron chi connectivity index (χ0n) is 14.9. The summed E-state index contributed by atoms with van der Waals surface area (Å²) in [5.41, 5.74) is 1.79. The molecule has 0 amide bonds. The molecule has 0 saturated heterocycles. The molecule has 4 nitrogen and oxygen atoms in total. The first-order chi connectivity index (χ1) is 13.6. The van der Waals surface area contributed by atoms with Crippen LogP contribution in [0, 0.1) is 11.3 Å². The number of ether oxygens (including phenoxy) is 1. The van der Waals surface area contributed by atoms with Crippen LogP contribution in [0.2, 0.25) is 5.02 Å². The Kier molecular flexibility index (Phi) is 6.88. The number of rotatable bonds is 6. The van der Waals surface area contributed by atoms with E-state index in [1.54, 1.807) is 36.5 Å². The number of allylic oxidation sites excluding steroid dienone is 2. The first-order valence-corrected chi connectivity index (χ1v) is 10.4. The maximum atomic E-state index is 11.9. The molecule has 0 fully saturated rings. The molecule has 0 aliphatic carbocycles. The number of carbonyl (C=O) groups is 1. The quantitative estimate of drug-likeness (QED) is 0.157. The lowest BCUT2D eigenvalue weighted by atomic mass is 10.2. The number of nitrogens with zero attached hydrogens (tertiary/aromatic N) is 2. The van der Waals surface area contributed by atoms with Crippen LogP contribution in [0.15, 0.2) is 70.6 Å². The summed E-state index contributed by atoms with van der Waals surface area (Å²) in [7, 11) is 0. The summed E-state index contributed by atoms with van der Waals surface area (Å²) >= 11 is 9.06. The Morgan fingerprint density at radius 1 is 1.25 bits per heavy atom. The maximum absolute atomic E-state index is 11.9. The van der Waals surface area contributed by atoms with Crippen molar-refractivity contribution in [3.05, 3.63) is 76.8 Å². The number of hydrogen-bond donors (Lipinski definition) is 0. The molecular weight excluding hydrogens is 412 g/mol. The van der Waals surface area contributed by atoms with Crippen molar-refractivity contribution < 1.29 is 9.53 Å². The Bertz CT molecular complexity index is 1060. The van der Waals surface area contributed by atoms with Crippen molar-refractivity contribution in [1.82, 2.24) is 4.98 Å². The average molecular weight is 427 g/mol. The van der Waals surface area contributed by atoms with Crippen molar-refractivity contribution in [3.8, 4) is 6.07 Å². The summed E-state index contributed by atoms with van der Waals surface area (Å²) in [5.74, 6) is -0.637. The number of nitriles is 1. The van der Waals surface area contributed by atoms with Crippen molar-refractivity contribution in [1.29, 1.82) is 5.26 Å². The number of thiazole rings is 1. The molecule has 28 heavy (non-hydrogen) atoms. The second-order valence-corrected chi connectivity index (χ2v) is 8.26. The summed E-state index contributed by atoms with van der Waals surface area (Å²) in [5, 5.41) is 9.88. The number of thioether (sulfide) groups is 1. The lowest BCUT2D eigenvalue weighted by molar-refractivity contribution is -0.138. The topological polar surface area (TPSA) is 63.0 Å². The molecule has 0 aliphatic heterocycles. The van der Waals surface area contributed by atoms with Gasteiger partial charge in [0.1, 0.15) is 11.6 Å². The van der Waals surface area contributed by atoms with Gasteiger partial charge in [-0.2, -0.15) is 5.26 Å². The predicted octanol–water partition coefficient (Wildman–Crippen LogP) is 6.10. The molecule has 0 radical (unpaired) electrons. The molecule has 0 aliphatic rings. The number of para-hydroxylation sites is 1. The van der Waals surface area contributed by atoms with Crippen molar-refractivity contribution >= 4 is 55.8 Å². The smallest absolute Gasteiger partial charge is 0.348 e. The van der Waals surface area contributed by atoms with Gasteiger partial charge in [-0.25, -0.2) is 9.78 Å². The highest BCUT2D eigenvalue weighted by Gasteiger charge is 2.12. The van der Waals surface area contributed by atoms with E-state index in [4.69, 9.17) is 16.3 Å². The number of fused-ring (bicyclic) bond motifs is 1. The Balaban J connectivity index is 1.98. The summed E-state index contributed by atoms with van der Waals surface area (Å²) in [6.45, 7) is 1.91. The summed E-state index contributed by atoms with van der Waals surface area (Å²) in [6.07, 6.45) is 3.21. The number of hydrogen-bond acceptors (Lipinski definition) is 6. The summed E-state index contributed by atoms with van der Waals surface area (Å²) < 4.78 is 6.88. The van der Waals surface area contributed by atoms with Crippen LogP contribution >= 0.6 is 34.7 Å². The minimum absolute atomic E-state index is 0.0572. The number of esters is 1. The minimum Gasteiger partial charge on any atom is -0.462 e. The van der Waals surface area contributed by atoms with Gasteiger partial charge in [-0.3, -0.25) is 0 Å². The summed E-state index contributed by atoms with van der Waals surface area (Å²) in [6, 6.07) is 17.2. The normalized spacial score (nSPS) is 12.0. The van der Waals surface area contributed by atoms with Gasteiger partial charge in [-0.05, 0) is 48.9 Å². The van der Waals surface area contributed by atoms with Gasteiger partial charge in [0, 0.05) is 9.93 Å². The van der Waals surface area contributed by atoms with Crippen LogP contribution in [0.25, 0.3) is 15.1 Å². The third kappa shape index (κ3) is 5.02. The van der Waals surface area contributed by atoms with Gasteiger partial charge in [-0.15, -0.1) is 11.3 Å². The van der Waals surface area contributed by atoms with E-state index >= 15 is 0 Å². The van der Waals surface area contributed by atoms with E-state index < -0.39 is 5.97 Å². The Morgan fingerprint density at radius 2 is 2.00 bits per heavy atom. The summed E-state index contributed by atoms with van der Waals surface area (Å²) in [4.78, 5) is 17.4. The van der Waals surface area contributed by atoms with Gasteiger partial charge in [0.05, 0.1) is 16.8 Å². The van der Waals surface area contributed by atoms with Crippen molar-refractivity contribution in [2.24, 2.45) is 0 Å². The average Bonchev–Trinajstić information content (AvgIpc) is 3.11. The van der Waals surface area contributed by atoms with Crippen LogP contribution in [-0.4, -0.2) is 17.6 Å². The largest absolute Gasteiger partial charge is 0.462 e. The van der Waals surface area contributed by atoms with Crippen LogP contribution in [-0.2, 0) is 9.53 Å². The fraction of sp³-hybridized carbons (Fsp3) is 0.0952. The molecule has 1 heterocycles. The molecule has 2 aromatic carbocycles. The van der Waals surface area contributed by atoms with Crippen LogP contribution in [0.1, 0.15) is 12.5 Å². The third-order valence-electron chi connectivity index (χ3n) is 3.62. The van der Waals surface area contributed by atoms with Crippen molar-refractivity contribution in [2.45, 2.75) is 11.3 Å². The molecular formula is C21H15ClN2O2S2. The highest BCUT2D eigenvalue weighted by Crippen LogP contribution is 2.38. The molecule has 3 aromatic rings. The first-order valence-electron chi connectivity index (χ1n) is 8.39. The van der Waals surface area contributed by atoms with Crippen molar-refractivity contribution in [3.63, 3.8) is 0 Å². The second-order valence-electron chi connectivity index (χ2n) is 5.50. The van der Waals surface area contributed by atoms with Gasteiger partial charge < -0.3 is 4.74 Å². The maximum Gasteiger partial charge on any atom is 0.348 e. The zero-order chi connectivity index (χ0) is 19.9. The minimum atomic E-state index is -0.637. The first kappa shape index (κ1) is 20.2.